The number of benzene rings is 2. The van der Waals surface area contributed by atoms with Crippen molar-refractivity contribution in [2.45, 2.75) is 0 Å². The van der Waals surface area contributed by atoms with Crippen LogP contribution < -0.4 is 0 Å². The number of nitro benzene ring substituents is 1. The smallest absolute Gasteiger partial charge is 0.337 e. The summed E-state index contributed by atoms with van der Waals surface area (Å²) in [5.74, 6) is 0.199. The molecule has 148 valence electrons. The average Bonchev–Trinajstić information content (AvgIpc) is 3.33. The van der Waals surface area contributed by atoms with E-state index in [4.69, 9.17) is 9.15 Å². The molecule has 0 N–H and O–H groups in total. The number of aromatic nitrogens is 1. The average molecular weight is 400 g/mol. The van der Waals surface area contributed by atoms with Crippen LogP contribution in [0.15, 0.2) is 83.5 Å². The molecule has 0 aliphatic rings. The van der Waals surface area contributed by atoms with Gasteiger partial charge >= 0.3 is 5.97 Å². The van der Waals surface area contributed by atoms with Crippen molar-refractivity contribution in [3.8, 4) is 33.8 Å². The molecule has 2 heterocycles. The lowest BCUT2D eigenvalue weighted by atomic mass is 10.0. The van der Waals surface area contributed by atoms with Crippen LogP contribution in [0.5, 0.6) is 0 Å². The van der Waals surface area contributed by atoms with Crippen LogP contribution >= 0.6 is 0 Å². The van der Waals surface area contributed by atoms with E-state index in [1.54, 1.807) is 36.6 Å². The Hall–Kier alpha value is -4.26. The zero-order chi connectivity index (χ0) is 21.1. The minimum atomic E-state index is -0.440. The van der Waals surface area contributed by atoms with E-state index in [1.165, 1.54) is 19.2 Å². The van der Waals surface area contributed by atoms with Gasteiger partial charge in [-0.05, 0) is 59.7 Å². The highest BCUT2D eigenvalue weighted by Gasteiger charge is 2.13. The van der Waals surface area contributed by atoms with Gasteiger partial charge in [-0.3, -0.25) is 10.1 Å². The third-order valence-electron chi connectivity index (χ3n) is 4.61. The number of pyridine rings is 1. The molecule has 0 radical (unpaired) electrons. The SMILES string of the molecule is COC(=O)c1ccc(-c2cc(-c3ccc([N+](=O)[O-])cc3)nc(-c3ccco3)c2)cc1. The molecule has 0 aliphatic heterocycles. The monoisotopic (exact) mass is 400 g/mol. The maximum absolute atomic E-state index is 11.7. The van der Waals surface area contributed by atoms with Gasteiger partial charge in [-0.2, -0.15) is 0 Å². The predicted molar refractivity (Wildman–Crippen MR) is 111 cm³/mol. The number of nitrogens with zero attached hydrogens (tertiary/aromatic N) is 2. The van der Waals surface area contributed by atoms with Crippen LogP contribution in [0.3, 0.4) is 0 Å². The van der Waals surface area contributed by atoms with Gasteiger partial charge in [0.05, 0.1) is 29.6 Å². The fraction of sp³-hybridized carbons (Fsp3) is 0.0435. The summed E-state index contributed by atoms with van der Waals surface area (Å²) < 4.78 is 10.2. The number of esters is 1. The summed E-state index contributed by atoms with van der Waals surface area (Å²) in [4.78, 5) is 26.9. The second-order valence-electron chi connectivity index (χ2n) is 6.48. The molecule has 2 aromatic carbocycles. The number of furan rings is 1. The third-order valence-corrected chi connectivity index (χ3v) is 4.61. The summed E-state index contributed by atoms with van der Waals surface area (Å²) in [6, 6.07) is 20.6. The Morgan fingerprint density at radius 2 is 1.60 bits per heavy atom. The van der Waals surface area contributed by atoms with Crippen molar-refractivity contribution in [2.24, 2.45) is 0 Å². The summed E-state index contributed by atoms with van der Waals surface area (Å²) in [5.41, 5.74) is 4.22. The molecule has 30 heavy (non-hydrogen) atoms. The Kier molecular flexibility index (Phi) is 5.09. The third kappa shape index (κ3) is 3.81. The molecule has 7 heteroatoms. The van der Waals surface area contributed by atoms with E-state index in [9.17, 15) is 14.9 Å². The first-order chi connectivity index (χ1) is 14.5. The van der Waals surface area contributed by atoms with Gasteiger partial charge in [0.25, 0.3) is 5.69 Å². The molecule has 0 aliphatic carbocycles. The summed E-state index contributed by atoms with van der Waals surface area (Å²) in [6.45, 7) is 0. The Balaban J connectivity index is 1.80. The van der Waals surface area contributed by atoms with Crippen molar-refractivity contribution < 1.29 is 18.9 Å². The highest BCUT2D eigenvalue weighted by atomic mass is 16.6. The first-order valence-electron chi connectivity index (χ1n) is 9.05. The summed E-state index contributed by atoms with van der Waals surface area (Å²) in [7, 11) is 1.34. The van der Waals surface area contributed by atoms with Gasteiger partial charge in [-0.15, -0.1) is 0 Å². The highest BCUT2D eigenvalue weighted by molar-refractivity contribution is 5.90. The van der Waals surface area contributed by atoms with Crippen LogP contribution in [0.25, 0.3) is 33.8 Å². The second kappa shape index (κ2) is 8.00. The fourth-order valence-electron chi connectivity index (χ4n) is 3.07. The van der Waals surface area contributed by atoms with Crippen molar-refractivity contribution in [3.05, 3.63) is 94.7 Å². The summed E-state index contributed by atoms with van der Waals surface area (Å²) in [5, 5.41) is 10.9. The number of non-ortho nitro benzene ring substituents is 1. The molecule has 0 bridgehead atoms. The Bertz CT molecular complexity index is 1200. The van der Waals surface area contributed by atoms with Crippen LogP contribution in [-0.4, -0.2) is 23.0 Å². The molecular formula is C23H16N2O5. The number of ether oxygens (including phenoxy) is 1. The lowest BCUT2D eigenvalue weighted by Gasteiger charge is -2.09. The normalized spacial score (nSPS) is 10.6. The maximum atomic E-state index is 11.7. The first-order valence-corrected chi connectivity index (χ1v) is 9.05. The molecule has 0 saturated heterocycles. The number of rotatable bonds is 5. The Labute approximate surface area is 171 Å². The predicted octanol–water partition coefficient (Wildman–Crippen LogP) is 5.37. The van der Waals surface area contributed by atoms with E-state index in [0.717, 1.165) is 16.7 Å². The minimum absolute atomic E-state index is 0.0135. The van der Waals surface area contributed by atoms with Gasteiger partial charge in [0.2, 0.25) is 0 Å². The van der Waals surface area contributed by atoms with E-state index >= 15 is 0 Å². The van der Waals surface area contributed by atoms with Crippen molar-refractivity contribution >= 4 is 11.7 Å². The van der Waals surface area contributed by atoms with Crippen molar-refractivity contribution in [1.82, 2.24) is 4.98 Å². The van der Waals surface area contributed by atoms with E-state index in [0.29, 0.717) is 22.7 Å². The first kappa shape index (κ1) is 19.1. The largest absolute Gasteiger partial charge is 0.465 e. The Morgan fingerprint density at radius 3 is 2.20 bits per heavy atom. The van der Waals surface area contributed by atoms with E-state index in [-0.39, 0.29) is 5.69 Å². The standard InChI is InChI=1S/C23H16N2O5/c1-29-23(26)17-6-4-15(5-7-17)18-13-20(16-8-10-19(11-9-16)25(27)28)24-21(14-18)22-3-2-12-30-22/h2-14H,1H3. The quantitative estimate of drug-likeness (QED) is 0.254. The van der Waals surface area contributed by atoms with Crippen LogP contribution in [0.1, 0.15) is 10.4 Å². The fourth-order valence-corrected chi connectivity index (χ4v) is 3.07. The highest BCUT2D eigenvalue weighted by Crippen LogP contribution is 2.31. The molecule has 4 aromatic rings. The summed E-state index contributed by atoms with van der Waals surface area (Å²) in [6.07, 6.45) is 1.57. The summed E-state index contributed by atoms with van der Waals surface area (Å²) >= 11 is 0. The Morgan fingerprint density at radius 1 is 0.933 bits per heavy atom. The van der Waals surface area contributed by atoms with Gasteiger partial charge in [0, 0.05) is 17.7 Å². The lowest BCUT2D eigenvalue weighted by Crippen LogP contribution is -2.00. The van der Waals surface area contributed by atoms with Gasteiger partial charge in [-0.1, -0.05) is 12.1 Å². The van der Waals surface area contributed by atoms with Crippen molar-refractivity contribution in [3.63, 3.8) is 0 Å². The van der Waals surface area contributed by atoms with Gasteiger partial charge in [0.1, 0.15) is 5.69 Å². The van der Waals surface area contributed by atoms with Crippen LogP contribution in [0.4, 0.5) is 5.69 Å². The van der Waals surface area contributed by atoms with E-state index < -0.39 is 10.9 Å². The number of nitro groups is 1. The molecule has 7 nitrogen and oxygen atoms in total. The van der Waals surface area contributed by atoms with Crippen LogP contribution in [0.2, 0.25) is 0 Å². The minimum Gasteiger partial charge on any atom is -0.465 e. The van der Waals surface area contributed by atoms with Gasteiger partial charge < -0.3 is 9.15 Å². The van der Waals surface area contributed by atoms with E-state index in [1.807, 2.05) is 30.3 Å². The molecular weight excluding hydrogens is 384 g/mol. The number of hydrogen-bond donors (Lipinski definition) is 0. The molecule has 4 rings (SSSR count). The number of methoxy groups -OCH3 is 1. The van der Waals surface area contributed by atoms with Gasteiger partial charge in [0.15, 0.2) is 5.76 Å². The van der Waals surface area contributed by atoms with E-state index in [2.05, 4.69) is 4.98 Å². The molecule has 0 fully saturated rings. The second-order valence-corrected chi connectivity index (χ2v) is 6.48. The lowest BCUT2D eigenvalue weighted by molar-refractivity contribution is -0.384. The molecule has 0 saturated carbocycles. The molecule has 0 atom stereocenters. The number of hydrogen-bond acceptors (Lipinski definition) is 6. The van der Waals surface area contributed by atoms with Crippen LogP contribution in [0, 0.1) is 10.1 Å². The van der Waals surface area contributed by atoms with Crippen molar-refractivity contribution in [1.29, 1.82) is 0 Å². The topological polar surface area (TPSA) is 95.5 Å². The molecule has 0 spiro atoms. The zero-order valence-electron chi connectivity index (χ0n) is 15.9. The van der Waals surface area contributed by atoms with Crippen molar-refractivity contribution in [2.75, 3.05) is 7.11 Å². The molecule has 0 amide bonds. The molecule has 0 unspecified atom stereocenters. The number of carbonyl (C=O) groups excluding carboxylic acids is 1. The number of carbonyl (C=O) groups is 1. The van der Waals surface area contributed by atoms with Gasteiger partial charge in [-0.25, -0.2) is 9.78 Å². The zero-order valence-corrected chi connectivity index (χ0v) is 15.9. The maximum Gasteiger partial charge on any atom is 0.337 e. The van der Waals surface area contributed by atoms with Crippen LogP contribution in [-0.2, 0) is 4.74 Å². The molecule has 2 aromatic heterocycles.